The van der Waals surface area contributed by atoms with E-state index in [4.69, 9.17) is 11.6 Å². The molecule has 0 unspecified atom stereocenters. The molecule has 1 N–H and O–H groups in total. The summed E-state index contributed by atoms with van der Waals surface area (Å²) in [6.45, 7) is 0.672. The Balaban J connectivity index is 1.46. The van der Waals surface area contributed by atoms with Gasteiger partial charge in [0.25, 0.3) is 5.91 Å². The van der Waals surface area contributed by atoms with Gasteiger partial charge in [0.1, 0.15) is 5.54 Å². The van der Waals surface area contributed by atoms with Crippen LogP contribution in [0.3, 0.4) is 0 Å². The first kappa shape index (κ1) is 19.3. The second-order valence-electron chi connectivity index (χ2n) is 9.30. The third-order valence-corrected chi connectivity index (χ3v) is 8.30. The van der Waals surface area contributed by atoms with Crippen molar-refractivity contribution in [3.05, 3.63) is 71.2 Å². The molecule has 33 heavy (non-hydrogen) atoms. The molecular weight excluding hydrogens is 438 g/mol. The Morgan fingerprint density at radius 3 is 2.61 bits per heavy atom. The molecule has 164 valence electrons. The lowest BCUT2D eigenvalue weighted by atomic mass is 9.75. The number of nitrogens with zero attached hydrogens (tertiary/aromatic N) is 2. The molecule has 3 aromatic rings. The van der Waals surface area contributed by atoms with Gasteiger partial charge in [-0.15, -0.1) is 0 Å². The van der Waals surface area contributed by atoms with Crippen LogP contribution in [0.4, 0.5) is 11.4 Å². The zero-order valence-electron chi connectivity index (χ0n) is 17.6. The molecule has 3 amide bonds. The van der Waals surface area contributed by atoms with Crippen molar-refractivity contribution in [1.82, 2.24) is 4.90 Å². The van der Waals surface area contributed by atoms with Gasteiger partial charge in [0.15, 0.2) is 0 Å². The number of carbonyl (C=O) groups excluding carboxylic acids is 3. The summed E-state index contributed by atoms with van der Waals surface area (Å²) in [5.41, 5.74) is 0.638. The number of hydrogen-bond donors (Lipinski definition) is 1. The van der Waals surface area contributed by atoms with Gasteiger partial charge in [-0.1, -0.05) is 60.1 Å². The van der Waals surface area contributed by atoms with Gasteiger partial charge in [-0.25, -0.2) is 4.90 Å². The lowest BCUT2D eigenvalue weighted by Gasteiger charge is -2.36. The molecule has 3 aromatic carbocycles. The molecule has 4 aliphatic heterocycles. The minimum Gasteiger partial charge on any atom is -0.323 e. The number of anilines is 2. The van der Waals surface area contributed by atoms with Crippen LogP contribution in [0.15, 0.2) is 60.7 Å². The average Bonchev–Trinajstić information content (AvgIpc) is 3.53. The molecule has 0 aliphatic carbocycles. The fourth-order valence-electron chi connectivity index (χ4n) is 6.84. The lowest BCUT2D eigenvalue weighted by molar-refractivity contribution is -0.135. The van der Waals surface area contributed by atoms with Crippen LogP contribution >= 0.6 is 11.6 Å². The van der Waals surface area contributed by atoms with E-state index in [0.717, 1.165) is 23.6 Å². The van der Waals surface area contributed by atoms with Crippen LogP contribution in [0, 0.1) is 11.8 Å². The molecule has 0 bridgehead atoms. The van der Waals surface area contributed by atoms with Crippen LogP contribution in [0.2, 0.25) is 5.02 Å². The predicted octanol–water partition coefficient (Wildman–Crippen LogP) is 3.92. The van der Waals surface area contributed by atoms with Gasteiger partial charge in [0.2, 0.25) is 11.8 Å². The fraction of sp³-hybridized carbons (Fsp3) is 0.269. The predicted molar refractivity (Wildman–Crippen MR) is 125 cm³/mol. The molecular formula is C26H20ClN3O3. The summed E-state index contributed by atoms with van der Waals surface area (Å²) in [7, 11) is 0. The van der Waals surface area contributed by atoms with E-state index >= 15 is 0 Å². The molecule has 1 spiro atoms. The van der Waals surface area contributed by atoms with Gasteiger partial charge in [-0.05, 0) is 36.9 Å². The smallest absolute Gasteiger partial charge is 0.250 e. The summed E-state index contributed by atoms with van der Waals surface area (Å²) in [5, 5.41) is 5.20. The zero-order chi connectivity index (χ0) is 22.5. The van der Waals surface area contributed by atoms with Crippen LogP contribution in [0.25, 0.3) is 10.8 Å². The maximum atomic E-state index is 14.1. The molecule has 7 rings (SSSR count). The van der Waals surface area contributed by atoms with Crippen molar-refractivity contribution in [2.24, 2.45) is 11.8 Å². The second-order valence-corrected chi connectivity index (χ2v) is 9.71. The molecule has 3 saturated heterocycles. The summed E-state index contributed by atoms with van der Waals surface area (Å²) >= 11 is 6.44. The van der Waals surface area contributed by atoms with E-state index in [1.165, 1.54) is 4.90 Å². The van der Waals surface area contributed by atoms with E-state index in [-0.39, 0.29) is 23.8 Å². The molecule has 6 nitrogen and oxygen atoms in total. The lowest BCUT2D eigenvalue weighted by Crippen LogP contribution is -2.54. The summed E-state index contributed by atoms with van der Waals surface area (Å²) in [6.07, 6.45) is 1.67. The standard InChI is InChI=1S/C26H20ClN3O3/c27-17-10-4-9-16-22(17)28-25(33)26(16)21-20(19-12-5-13-29(19)26)23(31)30(24(21)32)18-11-3-7-14-6-1-2-8-15(14)18/h1-4,6-11,19-21H,5,12-13H2,(H,28,33)/t19-,20+,21+,26-/m1/s1. The van der Waals surface area contributed by atoms with E-state index in [1.807, 2.05) is 54.6 Å². The number of imide groups is 1. The van der Waals surface area contributed by atoms with Gasteiger partial charge in [-0.3, -0.25) is 19.3 Å². The number of carbonyl (C=O) groups is 3. The zero-order valence-corrected chi connectivity index (χ0v) is 18.4. The quantitative estimate of drug-likeness (QED) is 0.562. The molecule has 4 atom stereocenters. The molecule has 4 heterocycles. The van der Waals surface area contributed by atoms with Gasteiger partial charge in [0, 0.05) is 17.0 Å². The second kappa shape index (κ2) is 6.43. The van der Waals surface area contributed by atoms with Crippen LogP contribution in [0.5, 0.6) is 0 Å². The van der Waals surface area contributed by atoms with E-state index in [2.05, 4.69) is 10.2 Å². The molecule has 7 heteroatoms. The molecule has 3 fully saturated rings. The highest BCUT2D eigenvalue weighted by Gasteiger charge is 2.74. The van der Waals surface area contributed by atoms with Crippen molar-refractivity contribution in [2.45, 2.75) is 24.4 Å². The molecule has 4 aliphatic rings. The molecule has 0 saturated carbocycles. The monoisotopic (exact) mass is 457 g/mol. The minimum absolute atomic E-state index is 0.151. The maximum Gasteiger partial charge on any atom is 0.250 e. The average molecular weight is 458 g/mol. The first-order chi connectivity index (χ1) is 16.0. The van der Waals surface area contributed by atoms with Crippen molar-refractivity contribution in [3.63, 3.8) is 0 Å². The van der Waals surface area contributed by atoms with Crippen LogP contribution in [-0.2, 0) is 19.9 Å². The van der Waals surface area contributed by atoms with E-state index in [1.54, 1.807) is 6.07 Å². The number of fused-ring (bicyclic) bond motifs is 8. The summed E-state index contributed by atoms with van der Waals surface area (Å²) in [6, 6.07) is 18.6. The van der Waals surface area contributed by atoms with E-state index in [9.17, 15) is 14.4 Å². The number of amides is 3. The Bertz CT molecular complexity index is 1400. The van der Waals surface area contributed by atoms with Crippen LogP contribution < -0.4 is 10.2 Å². The largest absolute Gasteiger partial charge is 0.323 e. The highest BCUT2D eigenvalue weighted by molar-refractivity contribution is 6.35. The highest BCUT2D eigenvalue weighted by atomic mass is 35.5. The van der Waals surface area contributed by atoms with Crippen molar-refractivity contribution in [3.8, 4) is 0 Å². The Morgan fingerprint density at radius 1 is 0.939 bits per heavy atom. The summed E-state index contributed by atoms with van der Waals surface area (Å²) in [4.78, 5) is 45.2. The SMILES string of the molecule is O=C1[C@H]2[C@H]3CCCN3[C@@]3(C(=O)Nc4c(Cl)cccc43)[C@@H]2C(=O)N1c1cccc2ccccc12. The topological polar surface area (TPSA) is 69.7 Å². The van der Waals surface area contributed by atoms with Crippen LogP contribution in [-0.4, -0.2) is 35.2 Å². The van der Waals surface area contributed by atoms with E-state index < -0.39 is 17.4 Å². The van der Waals surface area contributed by atoms with E-state index in [0.29, 0.717) is 28.5 Å². The Morgan fingerprint density at radius 2 is 1.73 bits per heavy atom. The van der Waals surface area contributed by atoms with Crippen molar-refractivity contribution in [1.29, 1.82) is 0 Å². The fourth-order valence-corrected chi connectivity index (χ4v) is 7.06. The van der Waals surface area contributed by atoms with Crippen molar-refractivity contribution < 1.29 is 14.4 Å². The third kappa shape index (κ3) is 2.16. The molecule has 0 radical (unpaired) electrons. The van der Waals surface area contributed by atoms with Crippen molar-refractivity contribution in [2.75, 3.05) is 16.8 Å². The van der Waals surface area contributed by atoms with Gasteiger partial charge >= 0.3 is 0 Å². The minimum atomic E-state index is -1.21. The summed E-state index contributed by atoms with van der Waals surface area (Å²) < 4.78 is 0. The normalized spacial score (nSPS) is 30.3. The number of nitrogens with one attached hydrogen (secondary N) is 1. The molecule has 0 aromatic heterocycles. The Hall–Kier alpha value is -3.22. The highest BCUT2D eigenvalue weighted by Crippen LogP contribution is 2.61. The van der Waals surface area contributed by atoms with Gasteiger partial charge in [-0.2, -0.15) is 0 Å². The number of hydrogen-bond acceptors (Lipinski definition) is 4. The first-order valence-electron chi connectivity index (χ1n) is 11.3. The Labute approximate surface area is 195 Å². The number of para-hydroxylation sites is 1. The first-order valence-corrected chi connectivity index (χ1v) is 11.7. The van der Waals surface area contributed by atoms with Crippen LogP contribution in [0.1, 0.15) is 18.4 Å². The number of benzene rings is 3. The number of rotatable bonds is 1. The Kier molecular flexibility index (Phi) is 3.75. The van der Waals surface area contributed by atoms with Crippen molar-refractivity contribution >= 4 is 51.5 Å². The van der Waals surface area contributed by atoms with Gasteiger partial charge in [0.05, 0.1) is 28.2 Å². The maximum absolute atomic E-state index is 14.1. The number of halogens is 1. The van der Waals surface area contributed by atoms with Gasteiger partial charge < -0.3 is 5.32 Å². The third-order valence-electron chi connectivity index (χ3n) is 7.98. The summed E-state index contributed by atoms with van der Waals surface area (Å²) in [5.74, 6) is -2.12.